The number of aryl methyl sites for hydroxylation is 2. The van der Waals surface area contributed by atoms with Gasteiger partial charge in [-0.25, -0.2) is 8.42 Å². The highest BCUT2D eigenvalue weighted by molar-refractivity contribution is 7.89. The highest BCUT2D eigenvalue weighted by Crippen LogP contribution is 2.31. The van der Waals surface area contributed by atoms with Crippen LogP contribution < -0.4 is 0 Å². The molecule has 1 saturated heterocycles. The van der Waals surface area contributed by atoms with E-state index in [0.29, 0.717) is 12.8 Å². The van der Waals surface area contributed by atoms with E-state index < -0.39 is 26.2 Å². The van der Waals surface area contributed by atoms with Crippen molar-refractivity contribution in [2.75, 3.05) is 6.61 Å². The van der Waals surface area contributed by atoms with Crippen LogP contribution in [0.25, 0.3) is 0 Å². The lowest BCUT2D eigenvalue weighted by Crippen LogP contribution is -2.42. The average molecular weight is 424 g/mol. The monoisotopic (exact) mass is 423 g/mol. The molecule has 1 aliphatic heterocycles. The maximum atomic E-state index is 13.1. The van der Waals surface area contributed by atoms with E-state index in [2.05, 4.69) is 0 Å². The van der Waals surface area contributed by atoms with Crippen molar-refractivity contribution in [3.8, 4) is 0 Å². The summed E-state index contributed by atoms with van der Waals surface area (Å²) in [6.45, 7) is 5.39. The molecule has 1 aliphatic rings. The molecule has 0 aromatic heterocycles. The molecular weight excluding hydrogens is 398 g/mol. The van der Waals surface area contributed by atoms with Gasteiger partial charge in [0.05, 0.1) is 22.4 Å². The van der Waals surface area contributed by atoms with E-state index in [9.17, 15) is 16.8 Å². The van der Waals surface area contributed by atoms with Crippen molar-refractivity contribution in [1.29, 1.82) is 0 Å². The number of hydrogen-bond donors (Lipinski definition) is 0. The Morgan fingerprint density at radius 1 is 0.857 bits per heavy atom. The Kier molecular flexibility index (Phi) is 5.95. The Bertz CT molecular complexity index is 1030. The molecule has 0 amide bonds. The van der Waals surface area contributed by atoms with Crippen LogP contribution in [0.4, 0.5) is 0 Å². The Morgan fingerprint density at radius 2 is 1.36 bits per heavy atom. The van der Waals surface area contributed by atoms with Crippen LogP contribution >= 0.6 is 0 Å². The minimum Gasteiger partial charge on any atom is -0.265 e. The molecule has 6 nitrogen and oxygen atoms in total. The van der Waals surface area contributed by atoms with Crippen molar-refractivity contribution in [2.45, 2.75) is 55.5 Å². The maximum Gasteiger partial charge on any atom is 0.297 e. The van der Waals surface area contributed by atoms with E-state index >= 15 is 0 Å². The standard InChI is InChI=1S/C20H25NO5S2/c1-15-4-10-19(11-5-15)27(22,23)21-17(3)8-9-18(21)14-26-28(24,25)20-12-6-16(2)7-13-20/h4-7,10-13,17-18H,8-9,14H2,1-3H3/t17-,18-/m0/s1. The van der Waals surface area contributed by atoms with Gasteiger partial charge in [0.1, 0.15) is 0 Å². The summed E-state index contributed by atoms with van der Waals surface area (Å²) in [6.07, 6.45) is 1.21. The summed E-state index contributed by atoms with van der Waals surface area (Å²) in [5.41, 5.74) is 1.91. The predicted octanol–water partition coefficient (Wildman–Crippen LogP) is 3.25. The largest absolute Gasteiger partial charge is 0.297 e. The van der Waals surface area contributed by atoms with E-state index in [1.165, 1.54) is 16.4 Å². The number of hydrogen-bond acceptors (Lipinski definition) is 5. The SMILES string of the molecule is Cc1ccc(S(=O)(=O)OC[C@@H]2CC[C@H](C)N2S(=O)(=O)c2ccc(C)cc2)cc1. The van der Waals surface area contributed by atoms with Gasteiger partial charge in [-0.1, -0.05) is 35.4 Å². The van der Waals surface area contributed by atoms with E-state index in [1.807, 2.05) is 20.8 Å². The topological polar surface area (TPSA) is 80.8 Å². The summed E-state index contributed by atoms with van der Waals surface area (Å²) in [4.78, 5) is 0.273. The van der Waals surface area contributed by atoms with Gasteiger partial charge in [0.25, 0.3) is 10.1 Å². The van der Waals surface area contributed by atoms with Gasteiger partial charge < -0.3 is 0 Å². The van der Waals surface area contributed by atoms with Gasteiger partial charge in [-0.3, -0.25) is 4.18 Å². The molecule has 1 heterocycles. The Hall–Kier alpha value is -1.74. The summed E-state index contributed by atoms with van der Waals surface area (Å²) >= 11 is 0. The third kappa shape index (κ3) is 4.30. The van der Waals surface area contributed by atoms with Gasteiger partial charge in [-0.15, -0.1) is 0 Å². The molecule has 0 unspecified atom stereocenters. The van der Waals surface area contributed by atoms with Crippen molar-refractivity contribution in [3.05, 3.63) is 59.7 Å². The van der Waals surface area contributed by atoms with Gasteiger partial charge in [0.15, 0.2) is 0 Å². The van der Waals surface area contributed by atoms with Crippen LogP contribution in [0.1, 0.15) is 30.9 Å². The van der Waals surface area contributed by atoms with Gasteiger partial charge in [-0.2, -0.15) is 12.7 Å². The van der Waals surface area contributed by atoms with Crippen molar-refractivity contribution in [1.82, 2.24) is 4.31 Å². The first-order valence-corrected chi connectivity index (χ1v) is 12.0. The predicted molar refractivity (Wildman–Crippen MR) is 107 cm³/mol. The molecule has 2 atom stereocenters. The second kappa shape index (κ2) is 7.94. The van der Waals surface area contributed by atoms with E-state index in [0.717, 1.165) is 11.1 Å². The molecular formula is C20H25NO5S2. The zero-order valence-electron chi connectivity index (χ0n) is 16.2. The Morgan fingerprint density at radius 3 is 1.89 bits per heavy atom. The zero-order valence-corrected chi connectivity index (χ0v) is 17.8. The molecule has 0 saturated carbocycles. The molecule has 8 heteroatoms. The first kappa shape index (κ1) is 21.0. The number of nitrogens with zero attached hydrogens (tertiary/aromatic N) is 1. The molecule has 2 aromatic carbocycles. The average Bonchev–Trinajstić information content (AvgIpc) is 3.02. The first-order valence-electron chi connectivity index (χ1n) is 9.17. The van der Waals surface area contributed by atoms with Crippen LogP contribution in [-0.4, -0.2) is 39.8 Å². The number of rotatable bonds is 6. The fourth-order valence-electron chi connectivity index (χ4n) is 3.41. The highest BCUT2D eigenvalue weighted by Gasteiger charge is 2.40. The van der Waals surface area contributed by atoms with Crippen molar-refractivity contribution in [2.24, 2.45) is 0 Å². The summed E-state index contributed by atoms with van der Waals surface area (Å²) in [7, 11) is -7.68. The highest BCUT2D eigenvalue weighted by atomic mass is 32.2. The van der Waals surface area contributed by atoms with Crippen LogP contribution in [0.5, 0.6) is 0 Å². The number of benzene rings is 2. The first-order chi connectivity index (χ1) is 13.1. The van der Waals surface area contributed by atoms with Crippen molar-refractivity contribution < 1.29 is 21.0 Å². The lowest BCUT2D eigenvalue weighted by molar-refractivity contribution is 0.222. The molecule has 152 valence electrons. The maximum absolute atomic E-state index is 13.1. The van der Waals surface area contributed by atoms with Crippen LogP contribution in [0.2, 0.25) is 0 Å². The normalized spacial score (nSPS) is 21.1. The fourth-order valence-corrected chi connectivity index (χ4v) is 6.21. The summed E-state index contributed by atoms with van der Waals surface area (Å²) in [5.74, 6) is 0. The van der Waals surface area contributed by atoms with Crippen LogP contribution in [0.15, 0.2) is 58.3 Å². The van der Waals surface area contributed by atoms with Gasteiger partial charge in [0, 0.05) is 6.04 Å². The van der Waals surface area contributed by atoms with Crippen LogP contribution in [0.3, 0.4) is 0 Å². The summed E-state index contributed by atoms with van der Waals surface area (Å²) in [6, 6.07) is 12.3. The molecule has 0 N–H and O–H groups in total. The molecule has 3 rings (SSSR count). The van der Waals surface area contributed by atoms with Crippen molar-refractivity contribution >= 4 is 20.1 Å². The molecule has 0 bridgehead atoms. The van der Waals surface area contributed by atoms with E-state index in [1.54, 1.807) is 36.4 Å². The van der Waals surface area contributed by atoms with E-state index in [-0.39, 0.29) is 22.4 Å². The third-order valence-corrected chi connectivity index (χ3v) is 8.41. The van der Waals surface area contributed by atoms with Crippen molar-refractivity contribution in [3.63, 3.8) is 0 Å². The fraction of sp³-hybridized carbons (Fsp3) is 0.400. The second-order valence-corrected chi connectivity index (χ2v) is 10.7. The van der Waals surface area contributed by atoms with Gasteiger partial charge in [-0.05, 0) is 57.9 Å². The quantitative estimate of drug-likeness (QED) is 0.666. The Labute approximate surface area is 167 Å². The minimum atomic E-state index is -3.94. The van der Waals surface area contributed by atoms with Gasteiger partial charge >= 0.3 is 0 Å². The zero-order chi connectivity index (χ0) is 20.5. The Balaban J connectivity index is 1.80. The molecule has 0 spiro atoms. The second-order valence-electron chi connectivity index (χ2n) is 7.28. The molecule has 1 fully saturated rings. The third-order valence-electron chi connectivity index (χ3n) is 5.03. The molecule has 28 heavy (non-hydrogen) atoms. The van der Waals surface area contributed by atoms with Crippen LogP contribution in [-0.2, 0) is 24.3 Å². The molecule has 2 aromatic rings. The number of sulfonamides is 1. The van der Waals surface area contributed by atoms with Crippen LogP contribution in [0, 0.1) is 13.8 Å². The summed E-state index contributed by atoms with van der Waals surface area (Å²) in [5, 5.41) is 0. The molecule has 0 aliphatic carbocycles. The molecule has 0 radical (unpaired) electrons. The lowest BCUT2D eigenvalue weighted by Gasteiger charge is -2.27. The summed E-state index contributed by atoms with van der Waals surface area (Å²) < 4.78 is 57.8. The minimum absolute atomic E-state index is 0.0667. The van der Waals surface area contributed by atoms with E-state index in [4.69, 9.17) is 4.18 Å². The van der Waals surface area contributed by atoms with Gasteiger partial charge in [0.2, 0.25) is 10.0 Å². The lowest BCUT2D eigenvalue weighted by atomic mass is 10.2. The smallest absolute Gasteiger partial charge is 0.265 e.